The zero-order valence-corrected chi connectivity index (χ0v) is 22.6. The Labute approximate surface area is 233 Å². The zero-order chi connectivity index (χ0) is 28.1. The van der Waals surface area contributed by atoms with Crippen molar-refractivity contribution in [1.29, 1.82) is 5.26 Å². The highest BCUT2D eigenvalue weighted by Crippen LogP contribution is 2.22. The maximum absolute atomic E-state index is 14.6. The van der Waals surface area contributed by atoms with Gasteiger partial charge in [0.25, 0.3) is 12.4 Å². The summed E-state index contributed by atoms with van der Waals surface area (Å²) in [6.07, 6.45) is 9.25. The number of halogens is 1. The van der Waals surface area contributed by atoms with Crippen LogP contribution in [0.15, 0.2) is 72.0 Å². The number of hydrogen-bond donors (Lipinski definition) is 0. The average Bonchev–Trinajstić information content (AvgIpc) is 2.98. The van der Waals surface area contributed by atoms with Gasteiger partial charge in [0, 0.05) is 23.5 Å². The first-order valence-electron chi connectivity index (χ1n) is 13.4. The fourth-order valence-electron chi connectivity index (χ4n) is 4.95. The van der Waals surface area contributed by atoms with Gasteiger partial charge in [-0.3, -0.25) is 9.78 Å². The molecule has 0 spiro atoms. The number of ether oxygens (including phenoxy) is 1. The number of hydrogen-bond acceptors (Lipinski definition) is 7. The standard InChI is InChI=1S/C30H30BFN6O2/c1-31(38-19-25(14-27(32)30(38)39)28-13-23(16-33)6-9-34-28)15-22-4-3-5-24(12-22)29-35-17-26(18-36-29)40-20-21-7-10-37(2)11-8-21/h3-6,9,12-14,17-19,21H,7-8,10-11,15,20H2,1-2H3. The number of nitriles is 1. The summed E-state index contributed by atoms with van der Waals surface area (Å²) in [4.78, 5) is 28.3. The average molecular weight is 536 g/mol. The van der Waals surface area contributed by atoms with Gasteiger partial charge in [0.2, 0.25) is 0 Å². The third kappa shape index (κ3) is 6.44. The first-order chi connectivity index (χ1) is 19.4. The Kier molecular flexibility index (Phi) is 8.32. The monoisotopic (exact) mass is 536 g/mol. The number of likely N-dealkylation sites (tertiary alicyclic amines) is 1. The second-order valence-electron chi connectivity index (χ2n) is 10.4. The van der Waals surface area contributed by atoms with Gasteiger partial charge >= 0.3 is 0 Å². The van der Waals surface area contributed by atoms with Crippen LogP contribution < -0.4 is 10.3 Å². The highest BCUT2D eigenvalue weighted by molar-refractivity contribution is 6.55. The lowest BCUT2D eigenvalue weighted by Crippen LogP contribution is -2.36. The Morgan fingerprint density at radius 2 is 1.88 bits per heavy atom. The van der Waals surface area contributed by atoms with Gasteiger partial charge in [-0.1, -0.05) is 30.6 Å². The molecule has 202 valence electrons. The molecule has 0 N–H and O–H groups in total. The van der Waals surface area contributed by atoms with Gasteiger partial charge in [-0.25, -0.2) is 14.4 Å². The van der Waals surface area contributed by atoms with Crippen molar-refractivity contribution in [3.8, 4) is 34.5 Å². The zero-order valence-electron chi connectivity index (χ0n) is 22.6. The molecule has 5 rings (SSSR count). The molecule has 4 aromatic rings. The molecular formula is C30H30BFN6O2. The molecule has 10 heteroatoms. The van der Waals surface area contributed by atoms with E-state index in [1.165, 1.54) is 10.7 Å². The summed E-state index contributed by atoms with van der Waals surface area (Å²) in [5.74, 6) is 0.919. The molecule has 8 nitrogen and oxygen atoms in total. The van der Waals surface area contributed by atoms with Crippen LogP contribution in [0.5, 0.6) is 5.75 Å². The molecule has 1 saturated heterocycles. The summed E-state index contributed by atoms with van der Waals surface area (Å²) in [6, 6.07) is 14.2. The van der Waals surface area contributed by atoms with E-state index in [1.54, 1.807) is 30.7 Å². The minimum Gasteiger partial charge on any atom is -0.490 e. The van der Waals surface area contributed by atoms with Gasteiger partial charge in [0.1, 0.15) is 0 Å². The molecule has 0 atom stereocenters. The lowest BCUT2D eigenvalue weighted by Gasteiger charge is -2.28. The number of rotatable bonds is 8. The van der Waals surface area contributed by atoms with E-state index in [-0.39, 0.29) is 6.85 Å². The summed E-state index contributed by atoms with van der Waals surface area (Å²) < 4.78 is 22.0. The summed E-state index contributed by atoms with van der Waals surface area (Å²) in [6.45, 7) is 4.39. The number of aromatic nitrogens is 4. The van der Waals surface area contributed by atoms with Crippen LogP contribution in [-0.2, 0) is 6.32 Å². The molecule has 1 fully saturated rings. The summed E-state index contributed by atoms with van der Waals surface area (Å²) in [5, 5.41) is 9.19. The summed E-state index contributed by atoms with van der Waals surface area (Å²) in [7, 11) is 2.15. The number of nitrogens with zero attached hydrogens (tertiary/aromatic N) is 6. The van der Waals surface area contributed by atoms with Gasteiger partial charge in [-0.05, 0) is 69.5 Å². The molecule has 0 bridgehead atoms. The van der Waals surface area contributed by atoms with E-state index in [9.17, 15) is 14.4 Å². The van der Waals surface area contributed by atoms with Crippen LogP contribution in [-0.4, -0.2) is 57.9 Å². The first-order valence-corrected chi connectivity index (χ1v) is 13.4. The van der Waals surface area contributed by atoms with Crippen molar-refractivity contribution in [3.05, 3.63) is 94.5 Å². The minimum absolute atomic E-state index is 0.340. The molecule has 1 aliphatic rings. The van der Waals surface area contributed by atoms with E-state index < -0.39 is 11.4 Å². The summed E-state index contributed by atoms with van der Waals surface area (Å²) in [5.41, 5.74) is 2.36. The SMILES string of the molecule is CB(Cc1cccc(-c2ncc(OCC3CCN(C)CC3)cn2)c1)n1cc(-c2cc(C#N)ccn2)cc(F)c1=O. The summed E-state index contributed by atoms with van der Waals surface area (Å²) >= 11 is 0. The van der Waals surface area contributed by atoms with Crippen molar-refractivity contribution < 1.29 is 9.13 Å². The van der Waals surface area contributed by atoms with Crippen LogP contribution >= 0.6 is 0 Å². The van der Waals surface area contributed by atoms with Crippen LogP contribution in [0.4, 0.5) is 4.39 Å². The Bertz CT molecular complexity index is 1580. The molecule has 40 heavy (non-hydrogen) atoms. The molecule has 0 radical (unpaired) electrons. The Balaban J connectivity index is 1.28. The molecule has 1 aromatic carbocycles. The molecule has 0 saturated carbocycles. The maximum atomic E-state index is 14.6. The fraction of sp³-hybridized carbons (Fsp3) is 0.300. The molecule has 4 heterocycles. The number of pyridine rings is 2. The largest absolute Gasteiger partial charge is 0.490 e. The van der Waals surface area contributed by atoms with E-state index >= 15 is 0 Å². The van der Waals surface area contributed by atoms with Crippen LogP contribution in [0.25, 0.3) is 22.6 Å². The van der Waals surface area contributed by atoms with E-state index in [2.05, 4.69) is 33.0 Å². The first kappa shape index (κ1) is 27.2. The fourth-order valence-corrected chi connectivity index (χ4v) is 4.95. The molecule has 0 unspecified atom stereocenters. The highest BCUT2D eigenvalue weighted by Gasteiger charge is 2.19. The highest BCUT2D eigenvalue weighted by atomic mass is 19.1. The van der Waals surface area contributed by atoms with Crippen molar-refractivity contribution in [1.82, 2.24) is 24.3 Å². The lowest BCUT2D eigenvalue weighted by molar-refractivity contribution is 0.159. The second-order valence-corrected chi connectivity index (χ2v) is 10.4. The number of benzene rings is 1. The Hall–Kier alpha value is -4.36. The second kappa shape index (κ2) is 12.2. The Morgan fingerprint density at radius 3 is 2.62 bits per heavy atom. The lowest BCUT2D eigenvalue weighted by atomic mass is 9.59. The molecule has 3 aromatic heterocycles. The van der Waals surface area contributed by atoms with Crippen molar-refractivity contribution >= 4 is 6.85 Å². The van der Waals surface area contributed by atoms with E-state index in [0.29, 0.717) is 47.2 Å². The third-order valence-corrected chi connectivity index (χ3v) is 7.33. The van der Waals surface area contributed by atoms with E-state index in [4.69, 9.17) is 4.74 Å². The predicted molar refractivity (Wildman–Crippen MR) is 153 cm³/mol. The predicted octanol–water partition coefficient (Wildman–Crippen LogP) is 4.35. The Morgan fingerprint density at radius 1 is 1.10 bits per heavy atom. The molecule has 0 amide bonds. The van der Waals surface area contributed by atoms with Gasteiger partial charge in [-0.15, -0.1) is 0 Å². The maximum Gasteiger partial charge on any atom is 0.274 e. The van der Waals surface area contributed by atoms with Crippen molar-refractivity contribution in [2.24, 2.45) is 5.92 Å². The number of piperidine rings is 1. The smallest absolute Gasteiger partial charge is 0.274 e. The van der Waals surface area contributed by atoms with Crippen molar-refractivity contribution in [2.45, 2.75) is 26.0 Å². The van der Waals surface area contributed by atoms with Crippen molar-refractivity contribution in [2.75, 3.05) is 26.7 Å². The van der Waals surface area contributed by atoms with Gasteiger partial charge in [0.05, 0.1) is 36.3 Å². The van der Waals surface area contributed by atoms with Crippen LogP contribution in [0.1, 0.15) is 24.0 Å². The van der Waals surface area contributed by atoms with Gasteiger partial charge in [-0.2, -0.15) is 5.26 Å². The van der Waals surface area contributed by atoms with Crippen LogP contribution in [0.2, 0.25) is 6.82 Å². The molecule has 0 aliphatic carbocycles. The molecular weight excluding hydrogens is 506 g/mol. The van der Waals surface area contributed by atoms with Gasteiger partial charge in [0.15, 0.2) is 17.4 Å². The normalized spacial score (nSPS) is 14.1. The third-order valence-electron chi connectivity index (χ3n) is 7.33. The van der Waals surface area contributed by atoms with E-state index in [1.807, 2.05) is 31.1 Å². The van der Waals surface area contributed by atoms with Gasteiger partial charge < -0.3 is 14.1 Å². The quantitative estimate of drug-likeness (QED) is 0.309. The molecule has 1 aliphatic heterocycles. The van der Waals surface area contributed by atoms with Crippen molar-refractivity contribution in [3.63, 3.8) is 0 Å². The topological polar surface area (TPSA) is 96.9 Å². The minimum atomic E-state index is -0.867. The van der Waals surface area contributed by atoms with E-state index in [0.717, 1.165) is 43.1 Å². The van der Waals surface area contributed by atoms with Crippen LogP contribution in [0.3, 0.4) is 0 Å². The van der Waals surface area contributed by atoms with Crippen LogP contribution in [0, 0.1) is 23.1 Å².